The van der Waals surface area contributed by atoms with Crippen molar-refractivity contribution in [3.05, 3.63) is 58.1 Å². The quantitative estimate of drug-likeness (QED) is 0.901. The van der Waals surface area contributed by atoms with Gasteiger partial charge in [-0.15, -0.1) is 0 Å². The molecule has 1 N–H and O–H groups in total. The number of hydrogen-bond acceptors (Lipinski definition) is 1. The van der Waals surface area contributed by atoms with E-state index in [9.17, 15) is 4.21 Å². The molecule has 0 bridgehead atoms. The molecular formula is C14H14BrNOS. The average molecular weight is 324 g/mol. The molecule has 0 aliphatic rings. The van der Waals surface area contributed by atoms with Crippen LogP contribution in [0.2, 0.25) is 0 Å². The Kier molecular flexibility index (Phi) is 4.19. The van der Waals surface area contributed by atoms with Gasteiger partial charge in [-0.25, -0.2) is 4.21 Å². The Bertz CT molecular complexity index is 581. The molecule has 94 valence electrons. The summed E-state index contributed by atoms with van der Waals surface area (Å²) in [5, 5.41) is 0. The maximum atomic E-state index is 12.2. The highest BCUT2D eigenvalue weighted by atomic mass is 79.9. The van der Waals surface area contributed by atoms with E-state index in [1.165, 1.54) is 0 Å². The fourth-order valence-corrected chi connectivity index (χ4v) is 2.83. The van der Waals surface area contributed by atoms with Crippen molar-refractivity contribution in [1.29, 1.82) is 0 Å². The van der Waals surface area contributed by atoms with Crippen LogP contribution >= 0.6 is 15.9 Å². The Morgan fingerprint density at radius 1 is 1.06 bits per heavy atom. The lowest BCUT2D eigenvalue weighted by Gasteiger charge is -2.10. The molecular weight excluding hydrogens is 310 g/mol. The van der Waals surface area contributed by atoms with Crippen molar-refractivity contribution in [1.82, 2.24) is 0 Å². The van der Waals surface area contributed by atoms with Crippen molar-refractivity contribution in [2.75, 3.05) is 4.72 Å². The highest BCUT2D eigenvalue weighted by molar-refractivity contribution is 9.10. The smallest absolute Gasteiger partial charge is 0.150 e. The number of aryl methyl sites for hydroxylation is 1. The first-order valence-corrected chi connectivity index (χ1v) is 7.52. The van der Waals surface area contributed by atoms with Gasteiger partial charge in [0.1, 0.15) is 11.0 Å². The van der Waals surface area contributed by atoms with Gasteiger partial charge < -0.3 is 4.72 Å². The summed E-state index contributed by atoms with van der Waals surface area (Å²) < 4.78 is 16.2. The number of rotatable bonds is 3. The van der Waals surface area contributed by atoms with E-state index in [4.69, 9.17) is 0 Å². The summed E-state index contributed by atoms with van der Waals surface area (Å²) in [6.45, 7) is 4.00. The lowest BCUT2D eigenvalue weighted by atomic mass is 10.2. The van der Waals surface area contributed by atoms with Crippen LogP contribution < -0.4 is 4.72 Å². The van der Waals surface area contributed by atoms with E-state index in [0.717, 1.165) is 26.2 Å². The van der Waals surface area contributed by atoms with Crippen molar-refractivity contribution in [3.8, 4) is 0 Å². The minimum Gasteiger partial charge on any atom is -0.301 e. The molecule has 18 heavy (non-hydrogen) atoms. The van der Waals surface area contributed by atoms with Crippen molar-refractivity contribution < 1.29 is 4.21 Å². The Morgan fingerprint density at radius 2 is 1.72 bits per heavy atom. The number of halogens is 1. The summed E-state index contributed by atoms with van der Waals surface area (Å²) in [6.07, 6.45) is 0. The first-order chi connectivity index (χ1) is 8.58. The zero-order valence-electron chi connectivity index (χ0n) is 10.2. The van der Waals surface area contributed by atoms with Crippen molar-refractivity contribution in [2.24, 2.45) is 0 Å². The monoisotopic (exact) mass is 323 g/mol. The van der Waals surface area contributed by atoms with Gasteiger partial charge in [0.05, 0.1) is 10.6 Å². The van der Waals surface area contributed by atoms with Crippen LogP contribution in [-0.2, 0) is 11.0 Å². The summed E-state index contributed by atoms with van der Waals surface area (Å²) in [6, 6.07) is 13.5. The average Bonchev–Trinajstić information content (AvgIpc) is 2.36. The zero-order chi connectivity index (χ0) is 13.1. The molecule has 2 aromatic rings. The standard InChI is InChI=1S/C14H14BrNOS/c1-10-6-8-12(9-7-10)18(17)16-14-5-3-4-13(15)11(14)2/h3-9,16H,1-2H3. The molecule has 0 aliphatic heterocycles. The van der Waals surface area contributed by atoms with Crippen molar-refractivity contribution in [3.63, 3.8) is 0 Å². The van der Waals surface area contributed by atoms with Gasteiger partial charge in [-0.3, -0.25) is 0 Å². The summed E-state index contributed by atoms with van der Waals surface area (Å²) in [7, 11) is -1.23. The van der Waals surface area contributed by atoms with Gasteiger partial charge >= 0.3 is 0 Å². The molecule has 0 radical (unpaired) electrons. The van der Waals surface area contributed by atoms with Gasteiger partial charge in [0.2, 0.25) is 0 Å². The Morgan fingerprint density at radius 3 is 2.39 bits per heavy atom. The lowest BCUT2D eigenvalue weighted by Crippen LogP contribution is -2.06. The minimum atomic E-state index is -1.23. The molecule has 0 heterocycles. The van der Waals surface area contributed by atoms with Crippen LogP contribution in [0.4, 0.5) is 5.69 Å². The van der Waals surface area contributed by atoms with E-state index in [1.807, 2.05) is 56.3 Å². The molecule has 2 rings (SSSR count). The normalized spacial score (nSPS) is 12.2. The van der Waals surface area contributed by atoms with E-state index in [1.54, 1.807) is 0 Å². The van der Waals surface area contributed by atoms with Gasteiger partial charge in [0.25, 0.3) is 0 Å². The topological polar surface area (TPSA) is 29.1 Å². The van der Waals surface area contributed by atoms with E-state index in [0.29, 0.717) is 0 Å². The molecule has 0 spiro atoms. The molecule has 0 aliphatic carbocycles. The Balaban J connectivity index is 2.21. The van der Waals surface area contributed by atoms with Crippen molar-refractivity contribution in [2.45, 2.75) is 18.7 Å². The summed E-state index contributed by atoms with van der Waals surface area (Å²) in [5.74, 6) is 0. The maximum absolute atomic E-state index is 12.2. The SMILES string of the molecule is Cc1ccc(S(=O)Nc2cccc(Br)c2C)cc1. The van der Waals surface area contributed by atoms with Gasteiger partial charge in [0.15, 0.2) is 0 Å². The first-order valence-electron chi connectivity index (χ1n) is 5.58. The third-order valence-corrected chi connectivity index (χ3v) is 4.67. The fourth-order valence-electron chi connectivity index (χ4n) is 1.54. The van der Waals surface area contributed by atoms with Crippen LogP contribution in [0.5, 0.6) is 0 Å². The predicted molar refractivity (Wildman–Crippen MR) is 80.1 cm³/mol. The molecule has 2 aromatic carbocycles. The van der Waals surface area contributed by atoms with Crippen molar-refractivity contribution >= 4 is 32.6 Å². The van der Waals surface area contributed by atoms with Gasteiger partial charge in [0, 0.05) is 4.47 Å². The van der Waals surface area contributed by atoms with Crippen LogP contribution in [0.15, 0.2) is 51.8 Å². The highest BCUT2D eigenvalue weighted by Crippen LogP contribution is 2.24. The fraction of sp³-hybridized carbons (Fsp3) is 0.143. The van der Waals surface area contributed by atoms with Crippen LogP contribution in [-0.4, -0.2) is 4.21 Å². The van der Waals surface area contributed by atoms with Crippen LogP contribution in [0.25, 0.3) is 0 Å². The number of nitrogens with one attached hydrogen (secondary N) is 1. The third-order valence-electron chi connectivity index (χ3n) is 2.71. The second kappa shape index (κ2) is 5.67. The molecule has 0 fully saturated rings. The second-order valence-corrected chi connectivity index (χ2v) is 6.16. The van der Waals surface area contributed by atoms with E-state index >= 15 is 0 Å². The predicted octanol–water partition coefficient (Wildman–Crippen LogP) is 4.20. The molecule has 2 nitrogen and oxygen atoms in total. The van der Waals surface area contributed by atoms with Crippen LogP contribution in [0.3, 0.4) is 0 Å². The zero-order valence-corrected chi connectivity index (χ0v) is 12.6. The Hall–Kier alpha value is -1.13. The Labute approximate surface area is 118 Å². The third kappa shape index (κ3) is 3.00. The maximum Gasteiger partial charge on any atom is 0.150 e. The van der Waals surface area contributed by atoms with Crippen LogP contribution in [0.1, 0.15) is 11.1 Å². The van der Waals surface area contributed by atoms with Gasteiger partial charge in [-0.2, -0.15) is 0 Å². The molecule has 0 saturated heterocycles. The summed E-state index contributed by atoms with van der Waals surface area (Å²) >= 11 is 3.46. The molecule has 0 saturated carbocycles. The summed E-state index contributed by atoms with van der Waals surface area (Å²) in [5.41, 5.74) is 3.09. The molecule has 1 unspecified atom stereocenters. The first kappa shape index (κ1) is 13.3. The molecule has 1 atom stereocenters. The lowest BCUT2D eigenvalue weighted by molar-refractivity contribution is 0.686. The second-order valence-electron chi connectivity index (χ2n) is 4.10. The molecule has 4 heteroatoms. The highest BCUT2D eigenvalue weighted by Gasteiger charge is 2.07. The van der Waals surface area contributed by atoms with E-state index in [-0.39, 0.29) is 0 Å². The number of anilines is 1. The number of benzene rings is 2. The van der Waals surface area contributed by atoms with Crippen LogP contribution in [0, 0.1) is 13.8 Å². The van der Waals surface area contributed by atoms with E-state index < -0.39 is 11.0 Å². The van der Waals surface area contributed by atoms with E-state index in [2.05, 4.69) is 20.7 Å². The summed E-state index contributed by atoms with van der Waals surface area (Å²) in [4.78, 5) is 0.778. The molecule has 0 aromatic heterocycles. The molecule has 0 amide bonds. The van der Waals surface area contributed by atoms with Gasteiger partial charge in [-0.1, -0.05) is 39.7 Å². The number of hydrogen-bond donors (Lipinski definition) is 1. The van der Waals surface area contributed by atoms with Gasteiger partial charge in [-0.05, 0) is 43.7 Å². The largest absolute Gasteiger partial charge is 0.301 e. The minimum absolute atomic E-state index is 0.778.